The molecule has 2 N–H and O–H groups in total. The molecule has 1 heterocycles. The van der Waals surface area contributed by atoms with Crippen molar-refractivity contribution in [1.82, 2.24) is 10.5 Å². The van der Waals surface area contributed by atoms with Crippen molar-refractivity contribution < 1.29 is 9.32 Å². The third kappa shape index (κ3) is 5.94. The zero-order valence-electron chi connectivity index (χ0n) is 10.7. The van der Waals surface area contributed by atoms with E-state index in [4.69, 9.17) is 4.52 Å². The number of nitrogens with zero attached hydrogens (tertiary/aromatic N) is 1. The Morgan fingerprint density at radius 3 is 2.82 bits per heavy atom. The molecule has 96 valence electrons. The number of carbonyl (C=O) groups excluding carboxylic acids is 1. The molecule has 0 bridgehead atoms. The summed E-state index contributed by atoms with van der Waals surface area (Å²) >= 11 is 0. The summed E-state index contributed by atoms with van der Waals surface area (Å²) in [6.45, 7) is 7.43. The number of anilines is 1. The highest BCUT2D eigenvalue weighted by atomic mass is 16.5. The van der Waals surface area contributed by atoms with Crippen LogP contribution in [0, 0.1) is 12.8 Å². The lowest BCUT2D eigenvalue weighted by Gasteiger charge is -2.07. The number of amides is 1. The first-order valence-corrected chi connectivity index (χ1v) is 6.02. The number of carbonyl (C=O) groups is 1. The lowest BCUT2D eigenvalue weighted by atomic mass is 10.1. The lowest BCUT2D eigenvalue weighted by Crippen LogP contribution is -2.27. The van der Waals surface area contributed by atoms with Crippen LogP contribution < -0.4 is 10.6 Å². The predicted octanol–water partition coefficient (Wildman–Crippen LogP) is 1.95. The topological polar surface area (TPSA) is 67.2 Å². The Morgan fingerprint density at radius 1 is 1.47 bits per heavy atom. The van der Waals surface area contributed by atoms with Crippen molar-refractivity contribution in [3.05, 3.63) is 11.8 Å². The van der Waals surface area contributed by atoms with Crippen LogP contribution in [-0.2, 0) is 4.79 Å². The quantitative estimate of drug-likeness (QED) is 0.763. The zero-order valence-corrected chi connectivity index (χ0v) is 10.7. The average Bonchev–Trinajstić information content (AvgIpc) is 2.63. The van der Waals surface area contributed by atoms with Gasteiger partial charge in [0.15, 0.2) is 5.82 Å². The molecule has 0 radical (unpaired) electrons. The van der Waals surface area contributed by atoms with Crippen molar-refractivity contribution in [3.8, 4) is 0 Å². The molecule has 0 fully saturated rings. The monoisotopic (exact) mass is 239 g/mol. The Morgan fingerprint density at radius 2 is 2.24 bits per heavy atom. The SMILES string of the molecule is Cc1cc(NCCC(=O)NCCC(C)C)no1. The van der Waals surface area contributed by atoms with Crippen LogP contribution in [0.1, 0.15) is 32.4 Å². The largest absolute Gasteiger partial charge is 0.367 e. The minimum absolute atomic E-state index is 0.0679. The minimum Gasteiger partial charge on any atom is -0.367 e. The van der Waals surface area contributed by atoms with Gasteiger partial charge in [-0.05, 0) is 19.3 Å². The number of rotatable bonds is 7. The standard InChI is InChI=1S/C12H21N3O2/c1-9(2)4-6-14-12(16)5-7-13-11-8-10(3)17-15-11/h8-9H,4-7H2,1-3H3,(H,13,15)(H,14,16). The van der Waals surface area contributed by atoms with Gasteiger partial charge in [-0.25, -0.2) is 0 Å². The summed E-state index contributed by atoms with van der Waals surface area (Å²) in [5.74, 6) is 2.12. The molecule has 0 aliphatic carbocycles. The second-order valence-electron chi connectivity index (χ2n) is 4.53. The number of nitrogens with one attached hydrogen (secondary N) is 2. The Balaban J connectivity index is 2.08. The van der Waals surface area contributed by atoms with E-state index in [0.717, 1.165) is 18.7 Å². The van der Waals surface area contributed by atoms with E-state index >= 15 is 0 Å². The molecule has 17 heavy (non-hydrogen) atoms. The van der Waals surface area contributed by atoms with E-state index < -0.39 is 0 Å². The van der Waals surface area contributed by atoms with Crippen molar-refractivity contribution in [2.45, 2.75) is 33.6 Å². The van der Waals surface area contributed by atoms with E-state index in [2.05, 4.69) is 29.6 Å². The summed E-state index contributed by atoms with van der Waals surface area (Å²) in [5, 5.41) is 9.69. The molecule has 5 heteroatoms. The van der Waals surface area contributed by atoms with Gasteiger partial charge < -0.3 is 15.2 Å². The molecule has 0 atom stereocenters. The fourth-order valence-corrected chi connectivity index (χ4v) is 1.34. The third-order valence-electron chi connectivity index (χ3n) is 2.33. The highest BCUT2D eigenvalue weighted by Gasteiger charge is 2.03. The molecule has 0 saturated heterocycles. The second kappa shape index (κ2) is 6.93. The molecule has 0 aromatic carbocycles. The highest BCUT2D eigenvalue weighted by molar-refractivity contribution is 5.76. The molecule has 0 unspecified atom stereocenters. The normalized spacial score (nSPS) is 10.6. The van der Waals surface area contributed by atoms with E-state index in [1.54, 1.807) is 6.07 Å². The maximum Gasteiger partial charge on any atom is 0.221 e. The van der Waals surface area contributed by atoms with Gasteiger partial charge in [0.05, 0.1) is 0 Å². The van der Waals surface area contributed by atoms with Gasteiger partial charge in [-0.15, -0.1) is 0 Å². The first-order valence-electron chi connectivity index (χ1n) is 6.02. The molecular formula is C12H21N3O2. The van der Waals surface area contributed by atoms with Gasteiger partial charge >= 0.3 is 0 Å². The zero-order chi connectivity index (χ0) is 12.7. The first kappa shape index (κ1) is 13.5. The summed E-state index contributed by atoms with van der Waals surface area (Å²) in [6, 6.07) is 1.80. The molecule has 1 aromatic rings. The number of hydrogen-bond acceptors (Lipinski definition) is 4. The van der Waals surface area contributed by atoms with Gasteiger partial charge in [-0.3, -0.25) is 4.79 Å². The summed E-state index contributed by atoms with van der Waals surface area (Å²) in [7, 11) is 0. The number of aryl methyl sites for hydroxylation is 1. The van der Waals surface area contributed by atoms with Gasteiger partial charge in [0, 0.05) is 25.6 Å². The fourth-order valence-electron chi connectivity index (χ4n) is 1.34. The number of aromatic nitrogens is 1. The molecular weight excluding hydrogens is 218 g/mol. The summed E-state index contributed by atoms with van der Waals surface area (Å²) in [5.41, 5.74) is 0. The smallest absolute Gasteiger partial charge is 0.221 e. The summed E-state index contributed by atoms with van der Waals surface area (Å²) in [6.07, 6.45) is 1.46. The molecule has 0 spiro atoms. The van der Waals surface area contributed by atoms with Gasteiger partial charge in [-0.2, -0.15) is 0 Å². The maximum atomic E-state index is 11.4. The van der Waals surface area contributed by atoms with Gasteiger partial charge in [0.2, 0.25) is 5.91 Å². The van der Waals surface area contributed by atoms with E-state index in [1.807, 2.05) is 6.92 Å². The van der Waals surface area contributed by atoms with Crippen LogP contribution in [0.15, 0.2) is 10.6 Å². The van der Waals surface area contributed by atoms with E-state index in [0.29, 0.717) is 24.7 Å². The Labute approximate surface area is 102 Å². The van der Waals surface area contributed by atoms with Gasteiger partial charge in [0.25, 0.3) is 0 Å². The Kier molecular flexibility index (Phi) is 5.52. The lowest BCUT2D eigenvalue weighted by molar-refractivity contribution is -0.120. The molecule has 0 saturated carbocycles. The van der Waals surface area contributed by atoms with Crippen molar-refractivity contribution in [3.63, 3.8) is 0 Å². The van der Waals surface area contributed by atoms with E-state index in [1.165, 1.54) is 0 Å². The Hall–Kier alpha value is -1.52. The molecule has 5 nitrogen and oxygen atoms in total. The molecule has 0 aliphatic heterocycles. The van der Waals surface area contributed by atoms with Crippen LogP contribution in [0.3, 0.4) is 0 Å². The average molecular weight is 239 g/mol. The van der Waals surface area contributed by atoms with Crippen LogP contribution in [0.5, 0.6) is 0 Å². The number of hydrogen-bond donors (Lipinski definition) is 2. The van der Waals surface area contributed by atoms with Crippen molar-refractivity contribution in [2.24, 2.45) is 5.92 Å². The van der Waals surface area contributed by atoms with Crippen molar-refractivity contribution in [2.75, 3.05) is 18.4 Å². The van der Waals surface area contributed by atoms with Gasteiger partial charge in [-0.1, -0.05) is 19.0 Å². The first-order chi connectivity index (χ1) is 8.08. The Bertz CT molecular complexity index is 347. The van der Waals surface area contributed by atoms with E-state index in [9.17, 15) is 4.79 Å². The van der Waals surface area contributed by atoms with Crippen molar-refractivity contribution >= 4 is 11.7 Å². The van der Waals surface area contributed by atoms with Crippen LogP contribution >= 0.6 is 0 Å². The van der Waals surface area contributed by atoms with Crippen molar-refractivity contribution in [1.29, 1.82) is 0 Å². The fraction of sp³-hybridized carbons (Fsp3) is 0.667. The summed E-state index contributed by atoms with van der Waals surface area (Å²) in [4.78, 5) is 11.4. The predicted molar refractivity (Wildman–Crippen MR) is 66.8 cm³/mol. The molecule has 1 rings (SSSR count). The molecule has 1 aromatic heterocycles. The maximum absolute atomic E-state index is 11.4. The van der Waals surface area contributed by atoms with Crippen LogP contribution in [0.2, 0.25) is 0 Å². The molecule has 1 amide bonds. The highest BCUT2D eigenvalue weighted by Crippen LogP contribution is 2.06. The summed E-state index contributed by atoms with van der Waals surface area (Å²) < 4.78 is 4.90. The second-order valence-corrected chi connectivity index (χ2v) is 4.53. The third-order valence-corrected chi connectivity index (χ3v) is 2.33. The minimum atomic E-state index is 0.0679. The van der Waals surface area contributed by atoms with Gasteiger partial charge in [0.1, 0.15) is 5.76 Å². The van der Waals surface area contributed by atoms with E-state index in [-0.39, 0.29) is 5.91 Å². The van der Waals surface area contributed by atoms with Crippen LogP contribution in [0.4, 0.5) is 5.82 Å². The van der Waals surface area contributed by atoms with Crippen LogP contribution in [0.25, 0.3) is 0 Å². The van der Waals surface area contributed by atoms with Crippen LogP contribution in [-0.4, -0.2) is 24.2 Å². The molecule has 0 aliphatic rings.